The zero-order valence-electron chi connectivity index (χ0n) is 18.3. The number of ether oxygens (including phenoxy) is 1. The highest BCUT2D eigenvalue weighted by Gasteiger charge is 2.35. The SMILES string of the molecule is C[C@H]1CN(S(=O)(=O)CCC(=O)N[C@@H]2CCOC2)CC[C@H]1c1[nH]c(-c2ccc(F)cn2)nc1Cl. The predicted molar refractivity (Wildman–Crippen MR) is 121 cm³/mol. The van der Waals surface area contributed by atoms with E-state index in [1.807, 2.05) is 6.92 Å². The molecule has 9 nitrogen and oxygen atoms in total. The third-order valence-electron chi connectivity index (χ3n) is 6.17. The highest BCUT2D eigenvalue weighted by molar-refractivity contribution is 7.89. The number of nitrogens with one attached hydrogen (secondary N) is 2. The number of carbonyl (C=O) groups excluding carboxylic acids is 1. The number of carbonyl (C=O) groups is 1. The van der Waals surface area contributed by atoms with Gasteiger partial charge in [-0.25, -0.2) is 27.1 Å². The van der Waals surface area contributed by atoms with Crippen LogP contribution in [-0.2, 0) is 19.6 Å². The smallest absolute Gasteiger partial charge is 0.221 e. The van der Waals surface area contributed by atoms with Gasteiger partial charge in [0.15, 0.2) is 11.0 Å². The molecule has 4 heterocycles. The van der Waals surface area contributed by atoms with Crippen molar-refractivity contribution in [1.82, 2.24) is 24.6 Å². The summed E-state index contributed by atoms with van der Waals surface area (Å²) in [7, 11) is -3.57. The molecule has 33 heavy (non-hydrogen) atoms. The fourth-order valence-electron chi connectivity index (χ4n) is 4.34. The second-order valence-electron chi connectivity index (χ2n) is 8.58. The maximum atomic E-state index is 13.2. The van der Waals surface area contributed by atoms with Crippen molar-refractivity contribution in [2.45, 2.75) is 38.1 Å². The van der Waals surface area contributed by atoms with Crippen LogP contribution in [0.2, 0.25) is 5.15 Å². The van der Waals surface area contributed by atoms with Crippen molar-refractivity contribution >= 4 is 27.5 Å². The molecule has 0 unspecified atom stereocenters. The maximum absolute atomic E-state index is 13.2. The van der Waals surface area contributed by atoms with E-state index in [9.17, 15) is 17.6 Å². The standard InChI is InChI=1S/C21H27ClFN5O4S/c1-13-11-28(33(30,31)9-6-18(29)25-15-5-8-32-12-15)7-4-16(13)19-20(22)27-21(26-19)17-3-2-14(23)10-24-17/h2-3,10,13,15-16H,4-9,11-12H2,1H3,(H,25,29)(H,26,27)/t13-,15+,16+/m0/s1. The van der Waals surface area contributed by atoms with E-state index in [1.165, 1.54) is 16.4 Å². The minimum absolute atomic E-state index is 0.0173. The van der Waals surface area contributed by atoms with Crippen LogP contribution in [0.4, 0.5) is 4.39 Å². The fourth-order valence-corrected chi connectivity index (χ4v) is 6.16. The Morgan fingerprint density at radius 3 is 2.88 bits per heavy atom. The second-order valence-corrected chi connectivity index (χ2v) is 11.0. The molecule has 4 rings (SSSR count). The lowest BCUT2D eigenvalue weighted by molar-refractivity contribution is -0.121. The summed E-state index contributed by atoms with van der Waals surface area (Å²) in [6.45, 7) is 3.70. The molecule has 1 amide bonds. The van der Waals surface area contributed by atoms with Crippen molar-refractivity contribution in [3.05, 3.63) is 35.0 Å². The number of H-pyrrole nitrogens is 1. The molecule has 180 valence electrons. The summed E-state index contributed by atoms with van der Waals surface area (Å²) in [5.41, 5.74) is 1.19. The van der Waals surface area contributed by atoms with Gasteiger partial charge in [0, 0.05) is 32.0 Å². The van der Waals surface area contributed by atoms with Crippen molar-refractivity contribution in [2.75, 3.05) is 32.1 Å². The van der Waals surface area contributed by atoms with Crippen LogP contribution in [0.15, 0.2) is 18.3 Å². The van der Waals surface area contributed by atoms with Crippen LogP contribution in [0.1, 0.15) is 37.8 Å². The lowest BCUT2D eigenvalue weighted by Crippen LogP contribution is -2.44. The molecule has 0 radical (unpaired) electrons. The molecule has 0 saturated carbocycles. The van der Waals surface area contributed by atoms with Crippen molar-refractivity contribution < 1.29 is 22.3 Å². The topological polar surface area (TPSA) is 117 Å². The van der Waals surface area contributed by atoms with E-state index in [2.05, 4.69) is 20.3 Å². The van der Waals surface area contributed by atoms with Crippen molar-refractivity contribution in [1.29, 1.82) is 0 Å². The van der Waals surface area contributed by atoms with Gasteiger partial charge in [-0.3, -0.25) is 4.79 Å². The number of amides is 1. The molecule has 0 spiro atoms. The highest BCUT2D eigenvalue weighted by atomic mass is 35.5. The van der Waals surface area contributed by atoms with Gasteiger partial charge < -0.3 is 15.0 Å². The number of pyridine rings is 1. The zero-order valence-corrected chi connectivity index (χ0v) is 19.8. The van der Waals surface area contributed by atoms with E-state index in [4.69, 9.17) is 16.3 Å². The molecule has 3 atom stereocenters. The molecule has 0 aliphatic carbocycles. The first-order valence-corrected chi connectivity index (χ1v) is 12.9. The number of piperidine rings is 1. The summed E-state index contributed by atoms with van der Waals surface area (Å²) in [6, 6.07) is 2.78. The highest BCUT2D eigenvalue weighted by Crippen LogP contribution is 2.37. The zero-order chi connectivity index (χ0) is 23.6. The third kappa shape index (κ3) is 5.71. The lowest BCUT2D eigenvalue weighted by Gasteiger charge is -2.35. The number of hydrogen-bond donors (Lipinski definition) is 2. The van der Waals surface area contributed by atoms with Gasteiger partial charge in [-0.05, 0) is 30.9 Å². The van der Waals surface area contributed by atoms with E-state index >= 15 is 0 Å². The Morgan fingerprint density at radius 2 is 2.21 bits per heavy atom. The molecular weight excluding hydrogens is 473 g/mol. The monoisotopic (exact) mass is 499 g/mol. The van der Waals surface area contributed by atoms with Crippen LogP contribution < -0.4 is 5.32 Å². The van der Waals surface area contributed by atoms with Gasteiger partial charge in [0.2, 0.25) is 15.9 Å². The minimum atomic E-state index is -3.57. The quantitative estimate of drug-likeness (QED) is 0.603. The first-order chi connectivity index (χ1) is 15.7. The van der Waals surface area contributed by atoms with E-state index in [0.717, 1.165) is 18.3 Å². The maximum Gasteiger partial charge on any atom is 0.221 e. The number of imidazole rings is 1. The predicted octanol–water partition coefficient (Wildman–Crippen LogP) is 2.31. The number of aromatic amines is 1. The van der Waals surface area contributed by atoms with Crippen molar-refractivity contribution in [2.24, 2.45) is 5.92 Å². The summed E-state index contributed by atoms with van der Waals surface area (Å²) in [6.07, 6.45) is 2.34. The molecule has 2 aliphatic rings. The molecule has 0 aromatic carbocycles. The number of halogens is 2. The van der Waals surface area contributed by atoms with Gasteiger partial charge in [0.25, 0.3) is 0 Å². The first kappa shape index (κ1) is 24.1. The van der Waals surface area contributed by atoms with Crippen LogP contribution in [0.5, 0.6) is 0 Å². The number of nitrogens with zero attached hydrogens (tertiary/aromatic N) is 3. The van der Waals surface area contributed by atoms with Crippen LogP contribution in [-0.4, -0.2) is 71.7 Å². The van der Waals surface area contributed by atoms with Crippen molar-refractivity contribution in [3.63, 3.8) is 0 Å². The summed E-state index contributed by atoms with van der Waals surface area (Å²) in [5.74, 6) is -0.543. The first-order valence-electron chi connectivity index (χ1n) is 10.9. The molecule has 2 fully saturated rings. The molecule has 2 N–H and O–H groups in total. The van der Waals surface area contributed by atoms with Gasteiger partial charge in [-0.15, -0.1) is 0 Å². The number of sulfonamides is 1. The molecule has 0 bridgehead atoms. The minimum Gasteiger partial charge on any atom is -0.379 e. The van der Waals surface area contributed by atoms with Gasteiger partial charge in [-0.2, -0.15) is 0 Å². The fraction of sp³-hybridized carbons (Fsp3) is 0.571. The molecular formula is C21H27ClFN5O4S. The van der Waals surface area contributed by atoms with E-state index in [0.29, 0.717) is 49.4 Å². The van der Waals surface area contributed by atoms with Crippen LogP contribution in [0.3, 0.4) is 0 Å². The third-order valence-corrected chi connectivity index (χ3v) is 8.30. The number of hydrogen-bond acceptors (Lipinski definition) is 6. The summed E-state index contributed by atoms with van der Waals surface area (Å²) < 4.78 is 45.5. The molecule has 2 aromatic rings. The Labute approximate surface area is 197 Å². The average Bonchev–Trinajstić information content (AvgIpc) is 3.42. The molecule has 2 saturated heterocycles. The molecule has 12 heteroatoms. The van der Waals surface area contributed by atoms with E-state index in [1.54, 1.807) is 0 Å². The molecule has 2 aliphatic heterocycles. The van der Waals surface area contributed by atoms with Crippen LogP contribution >= 0.6 is 11.6 Å². The van der Waals surface area contributed by atoms with Crippen molar-refractivity contribution in [3.8, 4) is 11.5 Å². The second kappa shape index (κ2) is 10.0. The largest absolute Gasteiger partial charge is 0.379 e. The Kier molecular flexibility index (Phi) is 7.32. The summed E-state index contributed by atoms with van der Waals surface area (Å²) in [4.78, 5) is 23.6. The Morgan fingerprint density at radius 1 is 1.39 bits per heavy atom. The summed E-state index contributed by atoms with van der Waals surface area (Å²) >= 11 is 6.38. The van der Waals surface area contributed by atoms with Gasteiger partial charge in [0.1, 0.15) is 11.5 Å². The lowest BCUT2D eigenvalue weighted by atomic mass is 9.86. The molecule has 2 aromatic heterocycles. The van der Waals surface area contributed by atoms with E-state index in [-0.39, 0.29) is 36.0 Å². The van der Waals surface area contributed by atoms with Gasteiger partial charge >= 0.3 is 0 Å². The Balaban J connectivity index is 1.36. The van der Waals surface area contributed by atoms with Gasteiger partial charge in [0.05, 0.1) is 30.3 Å². The van der Waals surface area contributed by atoms with Gasteiger partial charge in [-0.1, -0.05) is 18.5 Å². The number of rotatable bonds is 7. The Hall–Kier alpha value is -2.08. The normalized spacial score (nSPS) is 24.2. The summed E-state index contributed by atoms with van der Waals surface area (Å²) in [5, 5.41) is 3.12. The van der Waals surface area contributed by atoms with Crippen LogP contribution in [0, 0.1) is 11.7 Å². The average molecular weight is 500 g/mol. The van der Waals surface area contributed by atoms with Crippen LogP contribution in [0.25, 0.3) is 11.5 Å². The Bertz CT molecular complexity index is 1090. The van der Waals surface area contributed by atoms with E-state index < -0.39 is 15.8 Å². The number of aromatic nitrogens is 3.